The number of esters is 1. The summed E-state index contributed by atoms with van der Waals surface area (Å²) >= 11 is 0. The number of hydrogen-bond acceptors (Lipinski definition) is 3. The van der Waals surface area contributed by atoms with E-state index in [2.05, 4.69) is 6.58 Å². The Morgan fingerprint density at radius 1 is 1.71 bits per heavy atom. The van der Waals surface area contributed by atoms with Gasteiger partial charge in [-0.2, -0.15) is 5.26 Å². The van der Waals surface area contributed by atoms with Crippen LogP contribution in [-0.4, -0.2) is 12.6 Å². The standard InChI is InChI=1S/C11H11NO2/c1-9(8-12)11(13)14-7-6-10-4-2-3-5-10/h2-4H,1,5-7H2. The van der Waals surface area contributed by atoms with Crippen LogP contribution in [0.25, 0.3) is 0 Å². The van der Waals surface area contributed by atoms with E-state index in [0.717, 1.165) is 12.8 Å². The Hall–Kier alpha value is -1.82. The van der Waals surface area contributed by atoms with Gasteiger partial charge in [0.05, 0.1) is 6.61 Å². The van der Waals surface area contributed by atoms with E-state index in [0.29, 0.717) is 6.61 Å². The summed E-state index contributed by atoms with van der Waals surface area (Å²) in [7, 11) is 0. The monoisotopic (exact) mass is 189 g/mol. The number of ether oxygens (including phenoxy) is 1. The summed E-state index contributed by atoms with van der Waals surface area (Å²) in [4.78, 5) is 11.0. The van der Waals surface area contributed by atoms with E-state index in [9.17, 15) is 4.79 Å². The van der Waals surface area contributed by atoms with Gasteiger partial charge >= 0.3 is 5.97 Å². The smallest absolute Gasteiger partial charge is 0.348 e. The number of nitrogens with zero attached hydrogens (tertiary/aromatic N) is 1. The molecular weight excluding hydrogens is 178 g/mol. The van der Waals surface area contributed by atoms with Crippen molar-refractivity contribution in [3.63, 3.8) is 0 Å². The summed E-state index contributed by atoms with van der Waals surface area (Å²) in [5, 5.41) is 8.34. The number of allylic oxidation sites excluding steroid dienone is 3. The quantitative estimate of drug-likeness (QED) is 0.385. The van der Waals surface area contributed by atoms with Crippen LogP contribution < -0.4 is 0 Å². The fourth-order valence-electron chi connectivity index (χ4n) is 1.08. The lowest BCUT2D eigenvalue weighted by molar-refractivity contribution is -0.138. The lowest BCUT2D eigenvalue weighted by Crippen LogP contribution is -2.07. The van der Waals surface area contributed by atoms with Gasteiger partial charge in [-0.05, 0) is 6.42 Å². The molecule has 0 aliphatic heterocycles. The molecule has 0 saturated heterocycles. The van der Waals surface area contributed by atoms with Gasteiger partial charge in [0.15, 0.2) is 0 Å². The van der Waals surface area contributed by atoms with Crippen LogP contribution >= 0.6 is 0 Å². The molecular formula is C11H11NO2. The first kappa shape index (κ1) is 10.3. The van der Waals surface area contributed by atoms with Gasteiger partial charge in [0, 0.05) is 6.42 Å². The van der Waals surface area contributed by atoms with Crippen molar-refractivity contribution >= 4 is 5.97 Å². The molecule has 1 aliphatic rings. The molecule has 0 fully saturated rings. The lowest BCUT2D eigenvalue weighted by atomic mass is 10.2. The van der Waals surface area contributed by atoms with Crippen LogP contribution in [0.5, 0.6) is 0 Å². The zero-order valence-corrected chi connectivity index (χ0v) is 7.82. The first-order valence-electron chi connectivity index (χ1n) is 4.34. The highest BCUT2D eigenvalue weighted by Crippen LogP contribution is 2.14. The maximum absolute atomic E-state index is 11.0. The second kappa shape index (κ2) is 5.03. The molecule has 0 amide bonds. The fraction of sp³-hybridized carbons (Fsp3) is 0.273. The molecule has 0 heterocycles. The minimum atomic E-state index is -0.626. The summed E-state index contributed by atoms with van der Waals surface area (Å²) in [6.45, 7) is 3.57. The van der Waals surface area contributed by atoms with Crippen molar-refractivity contribution < 1.29 is 9.53 Å². The Kier molecular flexibility index (Phi) is 3.69. The molecule has 0 saturated carbocycles. The number of hydrogen-bond donors (Lipinski definition) is 0. The van der Waals surface area contributed by atoms with Gasteiger partial charge in [0.1, 0.15) is 11.6 Å². The summed E-state index contributed by atoms with van der Waals surface area (Å²) in [5.74, 6) is -0.626. The molecule has 0 aromatic heterocycles. The maximum atomic E-state index is 11.0. The Bertz CT molecular complexity index is 345. The summed E-state index contributed by atoms with van der Waals surface area (Å²) < 4.78 is 4.83. The second-order valence-electron chi connectivity index (χ2n) is 2.93. The van der Waals surface area contributed by atoms with E-state index in [-0.39, 0.29) is 5.57 Å². The Morgan fingerprint density at radius 3 is 3.07 bits per heavy atom. The van der Waals surface area contributed by atoms with Crippen molar-refractivity contribution in [1.29, 1.82) is 5.26 Å². The van der Waals surface area contributed by atoms with Gasteiger partial charge in [-0.1, -0.05) is 30.4 Å². The van der Waals surface area contributed by atoms with E-state index >= 15 is 0 Å². The third-order valence-corrected chi connectivity index (χ3v) is 1.89. The van der Waals surface area contributed by atoms with Crippen molar-refractivity contribution in [2.75, 3.05) is 6.61 Å². The van der Waals surface area contributed by atoms with Gasteiger partial charge in [0.25, 0.3) is 0 Å². The summed E-state index contributed by atoms with van der Waals surface area (Å²) in [6.07, 6.45) is 7.68. The Labute approximate surface area is 83.0 Å². The number of rotatable bonds is 4. The van der Waals surface area contributed by atoms with Crippen molar-refractivity contribution in [3.05, 3.63) is 36.0 Å². The molecule has 0 bridgehead atoms. The minimum Gasteiger partial charge on any atom is -0.461 e. The highest BCUT2D eigenvalue weighted by Gasteiger charge is 2.07. The van der Waals surface area contributed by atoms with Gasteiger partial charge in [-0.3, -0.25) is 0 Å². The second-order valence-corrected chi connectivity index (χ2v) is 2.93. The van der Waals surface area contributed by atoms with Crippen molar-refractivity contribution in [2.24, 2.45) is 0 Å². The average molecular weight is 189 g/mol. The minimum absolute atomic E-state index is 0.150. The van der Waals surface area contributed by atoms with Gasteiger partial charge in [0.2, 0.25) is 0 Å². The van der Waals surface area contributed by atoms with E-state index < -0.39 is 5.97 Å². The molecule has 1 aliphatic carbocycles. The lowest BCUT2D eigenvalue weighted by Gasteiger charge is -2.03. The molecule has 0 radical (unpaired) electrons. The molecule has 0 spiro atoms. The molecule has 3 nitrogen and oxygen atoms in total. The van der Waals surface area contributed by atoms with Crippen molar-refractivity contribution in [2.45, 2.75) is 12.8 Å². The van der Waals surface area contributed by atoms with Crippen LogP contribution in [0.2, 0.25) is 0 Å². The van der Waals surface area contributed by atoms with Gasteiger partial charge in [-0.15, -0.1) is 0 Å². The van der Waals surface area contributed by atoms with Crippen LogP contribution in [0.3, 0.4) is 0 Å². The molecule has 72 valence electrons. The Balaban J connectivity index is 2.19. The van der Waals surface area contributed by atoms with E-state index in [1.54, 1.807) is 6.07 Å². The molecule has 1 rings (SSSR count). The fourth-order valence-corrected chi connectivity index (χ4v) is 1.08. The van der Waals surface area contributed by atoms with Crippen molar-refractivity contribution in [3.8, 4) is 6.07 Å². The normalized spacial score (nSPS) is 13.2. The zero-order valence-electron chi connectivity index (χ0n) is 7.82. The Morgan fingerprint density at radius 2 is 2.50 bits per heavy atom. The first-order valence-corrected chi connectivity index (χ1v) is 4.34. The van der Waals surface area contributed by atoms with E-state index in [1.165, 1.54) is 5.57 Å². The van der Waals surface area contributed by atoms with Gasteiger partial charge < -0.3 is 4.74 Å². The number of carbonyl (C=O) groups is 1. The molecule has 0 N–H and O–H groups in total. The molecule has 0 aromatic carbocycles. The molecule has 0 unspecified atom stereocenters. The van der Waals surface area contributed by atoms with Crippen molar-refractivity contribution in [1.82, 2.24) is 0 Å². The highest BCUT2D eigenvalue weighted by atomic mass is 16.5. The maximum Gasteiger partial charge on any atom is 0.348 e. The van der Waals surface area contributed by atoms with Crippen LogP contribution in [0.15, 0.2) is 36.0 Å². The third kappa shape index (κ3) is 2.91. The van der Waals surface area contributed by atoms with Crippen LogP contribution in [0, 0.1) is 11.3 Å². The van der Waals surface area contributed by atoms with Crippen LogP contribution in [0.4, 0.5) is 0 Å². The predicted octanol–water partition coefficient (Wildman–Crippen LogP) is 1.89. The SMILES string of the molecule is C=C(C#N)C(=O)OCCC1=CC=CC1. The molecule has 3 heteroatoms. The van der Waals surface area contributed by atoms with Crippen LogP contribution in [0.1, 0.15) is 12.8 Å². The van der Waals surface area contributed by atoms with Crippen LogP contribution in [-0.2, 0) is 9.53 Å². The highest BCUT2D eigenvalue weighted by molar-refractivity contribution is 5.91. The third-order valence-electron chi connectivity index (χ3n) is 1.89. The van der Waals surface area contributed by atoms with E-state index in [1.807, 2.05) is 18.2 Å². The number of carbonyl (C=O) groups excluding carboxylic acids is 1. The molecule has 0 atom stereocenters. The first-order chi connectivity index (χ1) is 6.74. The number of nitriles is 1. The molecule has 0 aromatic rings. The predicted molar refractivity (Wildman–Crippen MR) is 52.2 cm³/mol. The summed E-state index contributed by atoms with van der Waals surface area (Å²) in [6, 6.07) is 1.65. The molecule has 14 heavy (non-hydrogen) atoms. The summed E-state index contributed by atoms with van der Waals surface area (Å²) in [5.41, 5.74) is 1.09. The topological polar surface area (TPSA) is 50.1 Å². The van der Waals surface area contributed by atoms with Gasteiger partial charge in [-0.25, -0.2) is 4.79 Å². The largest absolute Gasteiger partial charge is 0.461 e. The zero-order chi connectivity index (χ0) is 10.4. The van der Waals surface area contributed by atoms with E-state index in [4.69, 9.17) is 10.00 Å². The average Bonchev–Trinajstić information content (AvgIpc) is 2.69.